The van der Waals surface area contributed by atoms with Crippen LogP contribution in [0.4, 0.5) is 5.69 Å². The maximum absolute atomic E-state index is 13.4. The van der Waals surface area contributed by atoms with E-state index >= 15 is 0 Å². The molecule has 1 aliphatic carbocycles. The van der Waals surface area contributed by atoms with Crippen LogP contribution in [0.3, 0.4) is 0 Å². The molecule has 0 radical (unpaired) electrons. The molecule has 11 heteroatoms. The number of nitroso groups, excluding NO2 is 1. The third-order valence-electron chi connectivity index (χ3n) is 6.45. The highest BCUT2D eigenvalue weighted by Crippen LogP contribution is 2.35. The number of amidine groups is 1. The number of nitrogens with one attached hydrogen (secondary N) is 2. The zero-order valence-electron chi connectivity index (χ0n) is 19.1. The monoisotopic (exact) mass is 496 g/mol. The third kappa shape index (κ3) is 5.10. The SMILES string of the molecule is N=C(N)c1ccc2c(N=O)c(C(=O)NC3CCC(N)CC3)n(CCS(=O)(=O)c3ccccc3)c2c1. The fraction of sp³-hybridized carbons (Fsp3) is 0.333. The van der Waals surface area contributed by atoms with Crippen molar-refractivity contribution >= 4 is 38.2 Å². The smallest absolute Gasteiger partial charge is 0.270 e. The molecule has 4 rings (SSSR count). The van der Waals surface area contributed by atoms with E-state index < -0.39 is 15.7 Å². The zero-order valence-corrected chi connectivity index (χ0v) is 19.9. The molecule has 0 unspecified atom stereocenters. The van der Waals surface area contributed by atoms with Gasteiger partial charge in [-0.05, 0) is 55.1 Å². The highest BCUT2D eigenvalue weighted by atomic mass is 32.2. The molecule has 1 amide bonds. The molecule has 1 fully saturated rings. The van der Waals surface area contributed by atoms with Crippen LogP contribution in [-0.4, -0.2) is 42.6 Å². The first-order valence-electron chi connectivity index (χ1n) is 11.4. The number of amides is 1. The van der Waals surface area contributed by atoms with Crippen LogP contribution in [0, 0.1) is 10.3 Å². The predicted molar refractivity (Wildman–Crippen MR) is 135 cm³/mol. The Morgan fingerprint density at radius 2 is 1.80 bits per heavy atom. The van der Waals surface area contributed by atoms with E-state index in [9.17, 15) is 18.1 Å². The number of hydrogen-bond donors (Lipinski definition) is 4. The van der Waals surface area contributed by atoms with Gasteiger partial charge in [-0.2, -0.15) is 0 Å². The lowest BCUT2D eigenvalue weighted by Crippen LogP contribution is -2.41. The number of benzene rings is 2. The minimum Gasteiger partial charge on any atom is -0.384 e. The molecule has 2 aromatic carbocycles. The van der Waals surface area contributed by atoms with E-state index in [0.29, 0.717) is 29.3 Å². The van der Waals surface area contributed by atoms with Crippen molar-refractivity contribution in [3.05, 3.63) is 64.7 Å². The maximum Gasteiger partial charge on any atom is 0.270 e. The number of carbonyl (C=O) groups excluding carboxylic acids is 1. The summed E-state index contributed by atoms with van der Waals surface area (Å²) < 4.78 is 27.4. The molecule has 1 aromatic heterocycles. The number of nitrogens with zero attached hydrogens (tertiary/aromatic N) is 2. The van der Waals surface area contributed by atoms with E-state index in [0.717, 1.165) is 12.8 Å². The fourth-order valence-corrected chi connectivity index (χ4v) is 5.76. The molecule has 0 saturated heterocycles. The molecule has 6 N–H and O–H groups in total. The lowest BCUT2D eigenvalue weighted by Gasteiger charge is -2.27. The Labute approximate surface area is 203 Å². The van der Waals surface area contributed by atoms with Gasteiger partial charge in [-0.1, -0.05) is 24.3 Å². The second kappa shape index (κ2) is 9.96. The number of fused-ring (bicyclic) bond motifs is 1. The van der Waals surface area contributed by atoms with Crippen molar-refractivity contribution in [3.63, 3.8) is 0 Å². The minimum absolute atomic E-state index is 0.00571. The van der Waals surface area contributed by atoms with Crippen molar-refractivity contribution in [3.8, 4) is 0 Å². The predicted octanol–water partition coefficient (Wildman–Crippen LogP) is 2.80. The van der Waals surface area contributed by atoms with Crippen LogP contribution >= 0.6 is 0 Å². The molecule has 0 atom stereocenters. The third-order valence-corrected chi connectivity index (χ3v) is 8.16. The first kappa shape index (κ1) is 24.6. The highest BCUT2D eigenvalue weighted by molar-refractivity contribution is 7.91. The summed E-state index contributed by atoms with van der Waals surface area (Å²) in [5, 5.41) is 14.3. The minimum atomic E-state index is -3.67. The van der Waals surface area contributed by atoms with E-state index in [1.165, 1.54) is 16.7 Å². The highest BCUT2D eigenvalue weighted by Gasteiger charge is 2.28. The lowest BCUT2D eigenvalue weighted by atomic mass is 9.92. The summed E-state index contributed by atoms with van der Waals surface area (Å²) in [6, 6.07) is 12.7. The summed E-state index contributed by atoms with van der Waals surface area (Å²) in [7, 11) is -3.67. The molecule has 1 saturated carbocycles. The molecule has 0 spiro atoms. The van der Waals surface area contributed by atoms with E-state index in [4.69, 9.17) is 16.9 Å². The van der Waals surface area contributed by atoms with Gasteiger partial charge in [0.25, 0.3) is 5.91 Å². The van der Waals surface area contributed by atoms with Gasteiger partial charge in [0.1, 0.15) is 17.2 Å². The number of aryl methyl sites for hydroxylation is 1. The van der Waals surface area contributed by atoms with Gasteiger partial charge < -0.3 is 21.4 Å². The second-order valence-corrected chi connectivity index (χ2v) is 10.9. The van der Waals surface area contributed by atoms with Crippen molar-refractivity contribution < 1.29 is 13.2 Å². The Morgan fingerprint density at radius 1 is 1.11 bits per heavy atom. The molecule has 1 aliphatic rings. The summed E-state index contributed by atoms with van der Waals surface area (Å²) in [5.41, 5.74) is 12.3. The van der Waals surface area contributed by atoms with Gasteiger partial charge in [0.15, 0.2) is 9.84 Å². The second-order valence-electron chi connectivity index (χ2n) is 8.80. The number of rotatable bonds is 8. The number of nitrogens with two attached hydrogens (primary N) is 2. The van der Waals surface area contributed by atoms with Crippen molar-refractivity contribution in [1.82, 2.24) is 9.88 Å². The largest absolute Gasteiger partial charge is 0.384 e. The van der Waals surface area contributed by atoms with E-state index in [1.807, 2.05) is 0 Å². The van der Waals surface area contributed by atoms with Gasteiger partial charge in [-0.25, -0.2) is 8.42 Å². The Hall–Kier alpha value is -3.57. The molecule has 0 aliphatic heterocycles. The summed E-state index contributed by atoms with van der Waals surface area (Å²) in [6.45, 7) is -0.0943. The maximum atomic E-state index is 13.4. The van der Waals surface area contributed by atoms with Crippen LogP contribution in [-0.2, 0) is 16.4 Å². The Balaban J connectivity index is 1.76. The standard InChI is InChI=1S/C24H28N6O4S/c25-16-7-9-17(10-8-16)28-24(31)22-21(29-32)19-11-6-15(23(26)27)14-20(19)30(22)12-13-35(33,34)18-4-2-1-3-5-18/h1-6,11,14,16-17H,7-10,12-13,25H2,(H3,26,27)(H,28,31). The first-order valence-corrected chi connectivity index (χ1v) is 13.0. The summed E-state index contributed by atoms with van der Waals surface area (Å²) >= 11 is 0. The normalized spacial score (nSPS) is 18.3. The van der Waals surface area contributed by atoms with Crippen molar-refractivity contribution in [2.45, 2.75) is 49.2 Å². The van der Waals surface area contributed by atoms with Crippen molar-refractivity contribution in [2.24, 2.45) is 16.6 Å². The quantitative estimate of drug-likeness (QED) is 0.212. The lowest BCUT2D eigenvalue weighted by molar-refractivity contribution is 0.0917. The molecule has 1 heterocycles. The number of sulfone groups is 1. The molecule has 10 nitrogen and oxygen atoms in total. The summed E-state index contributed by atoms with van der Waals surface area (Å²) in [6.07, 6.45) is 3.00. The fourth-order valence-electron chi connectivity index (χ4n) is 4.53. The molecule has 184 valence electrons. The molecule has 35 heavy (non-hydrogen) atoms. The Morgan fingerprint density at radius 3 is 2.43 bits per heavy atom. The van der Waals surface area contributed by atoms with Gasteiger partial charge in [-0.15, -0.1) is 4.91 Å². The van der Waals surface area contributed by atoms with Gasteiger partial charge in [0, 0.05) is 29.6 Å². The van der Waals surface area contributed by atoms with Crippen LogP contribution < -0.4 is 16.8 Å². The van der Waals surface area contributed by atoms with E-state index in [1.54, 1.807) is 36.4 Å². The van der Waals surface area contributed by atoms with Gasteiger partial charge >= 0.3 is 0 Å². The Bertz CT molecular complexity index is 1380. The molecular formula is C24H28N6O4S. The van der Waals surface area contributed by atoms with Crippen LogP contribution in [0.2, 0.25) is 0 Å². The van der Waals surface area contributed by atoms with Crippen LogP contribution in [0.25, 0.3) is 10.9 Å². The van der Waals surface area contributed by atoms with E-state index in [2.05, 4.69) is 10.5 Å². The van der Waals surface area contributed by atoms with E-state index in [-0.39, 0.29) is 46.5 Å². The van der Waals surface area contributed by atoms with Crippen LogP contribution in [0.1, 0.15) is 41.7 Å². The van der Waals surface area contributed by atoms with Crippen molar-refractivity contribution in [1.29, 1.82) is 5.41 Å². The van der Waals surface area contributed by atoms with Crippen molar-refractivity contribution in [2.75, 3.05) is 5.75 Å². The summed E-state index contributed by atoms with van der Waals surface area (Å²) in [4.78, 5) is 25.5. The zero-order chi connectivity index (χ0) is 25.2. The van der Waals surface area contributed by atoms with Gasteiger partial charge in [-0.3, -0.25) is 10.2 Å². The van der Waals surface area contributed by atoms with Gasteiger partial charge in [0.2, 0.25) is 0 Å². The number of carbonyl (C=O) groups is 1. The summed E-state index contributed by atoms with van der Waals surface area (Å²) in [5.74, 6) is -0.999. The average molecular weight is 497 g/mol. The van der Waals surface area contributed by atoms with Crippen LogP contribution in [0.5, 0.6) is 0 Å². The average Bonchev–Trinajstić information content (AvgIpc) is 3.17. The molecular weight excluding hydrogens is 468 g/mol. The van der Waals surface area contributed by atoms with Crippen LogP contribution in [0.15, 0.2) is 58.6 Å². The number of aromatic nitrogens is 1. The number of hydrogen-bond acceptors (Lipinski definition) is 7. The van der Waals surface area contributed by atoms with Gasteiger partial charge in [0.05, 0.1) is 16.2 Å². The topological polar surface area (TPSA) is 173 Å². The first-order chi connectivity index (χ1) is 16.7. The molecule has 3 aromatic rings. The Kier molecular flexibility index (Phi) is 6.99. The molecule has 0 bridgehead atoms. The number of nitrogen functional groups attached to an aromatic ring is 1.